The summed E-state index contributed by atoms with van der Waals surface area (Å²) in [4.78, 5) is 28.8. The van der Waals surface area contributed by atoms with E-state index in [4.69, 9.17) is 19.7 Å². The number of halogens is 13. The number of ether oxygens (including phenoxy) is 1. The van der Waals surface area contributed by atoms with E-state index in [1.807, 2.05) is 0 Å². The molecule has 0 radical (unpaired) electrons. The molecule has 5 aromatic carbocycles. The number of aliphatic hydroxyl groups excluding tert-OH is 1. The van der Waals surface area contributed by atoms with E-state index in [9.17, 15) is 71.8 Å². The Morgan fingerprint density at radius 3 is 1.15 bits per heavy atom. The molecule has 2 atom stereocenters. The number of carbonyl (C=O) groups is 3. The molecule has 0 heterocycles. The minimum absolute atomic E-state index is 0. The van der Waals surface area contributed by atoms with E-state index in [1.54, 1.807) is 0 Å². The van der Waals surface area contributed by atoms with Crippen LogP contribution in [0.15, 0.2) is 121 Å². The van der Waals surface area contributed by atoms with Crippen LogP contribution >= 0.6 is 0 Å². The van der Waals surface area contributed by atoms with E-state index in [0.717, 1.165) is 48.5 Å². The van der Waals surface area contributed by atoms with Crippen LogP contribution in [0.1, 0.15) is 49.6 Å². The molecule has 0 saturated heterocycles. The second kappa shape index (κ2) is 26.5. The molecule has 0 fully saturated rings. The number of aldehydes is 2. The monoisotopic (exact) mass is 893 g/mol. The van der Waals surface area contributed by atoms with Gasteiger partial charge in [-0.15, -0.1) is 0 Å². The van der Waals surface area contributed by atoms with Gasteiger partial charge in [0, 0.05) is 16.7 Å². The smallest absolute Gasteiger partial charge is 0.842 e. The maximum absolute atomic E-state index is 13.1. The van der Waals surface area contributed by atoms with Gasteiger partial charge in [-0.05, 0) is 96.6 Å². The first-order chi connectivity index (χ1) is 27.4. The van der Waals surface area contributed by atoms with E-state index in [2.05, 4.69) is 0 Å². The van der Waals surface area contributed by atoms with Crippen molar-refractivity contribution in [3.05, 3.63) is 172 Å². The molecule has 7 nitrogen and oxygen atoms in total. The number of hydrogen-bond acceptors (Lipinski definition) is 7. The third-order valence-corrected chi connectivity index (χ3v) is 6.54. The van der Waals surface area contributed by atoms with Gasteiger partial charge in [0.1, 0.15) is 47.6 Å². The summed E-state index contributed by atoms with van der Waals surface area (Å²) in [6.07, 6.45) is -18.3. The molecule has 21 heteroatoms. The van der Waals surface area contributed by atoms with Crippen molar-refractivity contribution >= 4 is 18.5 Å². The second-order valence-corrected chi connectivity index (χ2v) is 11.0. The maximum Gasteiger partial charge on any atom is 1.00 e. The number of aliphatic hydroxyl groups is 1. The number of carboxylic acids is 1. The summed E-state index contributed by atoms with van der Waals surface area (Å²) in [7, 11) is 0. The summed E-state index contributed by atoms with van der Waals surface area (Å²) in [6.45, 7) is -0.207. The van der Waals surface area contributed by atoms with Gasteiger partial charge in [0.05, 0.1) is 6.61 Å². The normalized spacial score (nSPS) is 11.7. The van der Waals surface area contributed by atoms with Gasteiger partial charge in [-0.1, -0.05) is 42.0 Å². The first-order valence-electron chi connectivity index (χ1n) is 15.8. The Kier molecular flexibility index (Phi) is 24.5. The summed E-state index contributed by atoms with van der Waals surface area (Å²) in [5, 5.41) is 28.3. The van der Waals surface area contributed by atoms with Crippen molar-refractivity contribution in [1.29, 1.82) is 0 Å². The fourth-order valence-electron chi connectivity index (χ4n) is 3.68. The van der Waals surface area contributed by atoms with Crippen molar-refractivity contribution < 1.29 is 143 Å². The molecule has 0 bridgehead atoms. The van der Waals surface area contributed by atoms with Gasteiger partial charge < -0.3 is 24.9 Å². The number of aliphatic carboxylic acids is 1. The zero-order valence-corrected chi connectivity index (χ0v) is 33.5. The third kappa shape index (κ3) is 22.1. The Balaban J connectivity index is 0.000000771. The summed E-state index contributed by atoms with van der Waals surface area (Å²) in [5.74, 6) is -4.92. The number of carbonyl (C=O) groups excluding carboxylic acids is 3. The number of rotatable bonds is 7. The topological polar surface area (TPSA) is 127 Å². The van der Waals surface area contributed by atoms with Crippen molar-refractivity contribution in [2.45, 2.75) is 37.3 Å². The Morgan fingerprint density at radius 1 is 0.567 bits per heavy atom. The molecule has 0 aliphatic heterocycles. The van der Waals surface area contributed by atoms with Crippen LogP contribution in [0.3, 0.4) is 0 Å². The van der Waals surface area contributed by atoms with Gasteiger partial charge >= 0.3 is 69.9 Å². The van der Waals surface area contributed by atoms with Crippen LogP contribution in [0.2, 0.25) is 0 Å². The quantitative estimate of drug-likeness (QED) is 0.132. The van der Waals surface area contributed by atoms with Gasteiger partial charge in [0.15, 0.2) is 0 Å². The van der Waals surface area contributed by atoms with E-state index >= 15 is 0 Å². The number of carboxylic acid groups (broad SMARTS) is 1. The van der Waals surface area contributed by atoms with Gasteiger partial charge in [-0.2, -0.15) is 39.5 Å². The number of benzene rings is 5. The van der Waals surface area contributed by atoms with Crippen LogP contribution < -0.4 is 66.3 Å². The van der Waals surface area contributed by atoms with E-state index in [0.29, 0.717) is 29.3 Å². The minimum Gasteiger partial charge on any atom is -0.842 e. The summed E-state index contributed by atoms with van der Waals surface area (Å²) in [5.41, 5.74) is 0.893. The molecule has 0 spiro atoms. The summed E-state index contributed by atoms with van der Waals surface area (Å²) < 4.78 is 161. The molecule has 0 aromatic heterocycles. The van der Waals surface area contributed by atoms with Gasteiger partial charge in [0.25, 0.3) is 0 Å². The minimum atomic E-state index is -5.19. The molecule has 5 rings (SSSR count). The molecule has 5 aromatic rings. The van der Waals surface area contributed by atoms with Gasteiger partial charge in [-0.3, -0.25) is 9.59 Å². The fraction of sp³-hybridized carbons (Fsp3) is 0.154. The van der Waals surface area contributed by atoms with Crippen LogP contribution in [0.4, 0.5) is 57.1 Å². The van der Waals surface area contributed by atoms with E-state index in [1.165, 1.54) is 72.8 Å². The van der Waals surface area contributed by atoms with Crippen LogP contribution in [0.25, 0.3) is 0 Å². The van der Waals surface area contributed by atoms with Crippen LogP contribution in [0.5, 0.6) is 5.75 Å². The predicted octanol–water partition coefficient (Wildman–Crippen LogP) is 5.37. The van der Waals surface area contributed by atoms with Crippen molar-refractivity contribution in [1.82, 2.24) is 0 Å². The Bertz CT molecular complexity index is 1940. The molecule has 0 aliphatic carbocycles. The molecular weight excluding hydrogens is 866 g/mol. The molecule has 0 saturated carbocycles. The Morgan fingerprint density at radius 2 is 0.883 bits per heavy atom. The molecular formula is C39H27F13KO7-. The Hall–Kier alpha value is -4.64. The van der Waals surface area contributed by atoms with Crippen molar-refractivity contribution in [2.75, 3.05) is 0 Å². The molecule has 2 unspecified atom stereocenters. The largest absolute Gasteiger partial charge is 1.00 e. The van der Waals surface area contributed by atoms with Crippen LogP contribution in [-0.2, 0) is 11.4 Å². The average Bonchev–Trinajstić information content (AvgIpc) is 3.18. The van der Waals surface area contributed by atoms with Crippen molar-refractivity contribution in [2.24, 2.45) is 0 Å². The summed E-state index contributed by atoms with van der Waals surface area (Å²) in [6, 6.07) is 23.7. The average molecular weight is 894 g/mol. The number of hydrogen-bond donors (Lipinski definition) is 1. The molecule has 0 amide bonds. The Labute approximate surface area is 374 Å². The third-order valence-electron chi connectivity index (χ3n) is 6.54. The predicted molar refractivity (Wildman–Crippen MR) is 178 cm³/mol. The number of alkyl halides is 9. The van der Waals surface area contributed by atoms with Crippen molar-refractivity contribution in [3.63, 3.8) is 0 Å². The first kappa shape index (κ1) is 55.4. The standard InChI is InChI=1S/C15H12F4O2.C8H5F4O.2C7H5FO.C2HF3O2.K/c16-12-5-3-11(4-6-12)14(15(17,18)19)21-13-7-1-10(9-20)2-8-13;9-6-3-1-5(2-4-6)7(13)8(10,11)12;2*8-7-3-1-6(5-9)2-4-7;3-2(4,5)1(6)7;/h1-8,14,20H,9H2;1-4,7H;2*1-5H;(H,6,7);/q;-1;;;;+1/p-1. The van der Waals surface area contributed by atoms with Crippen molar-refractivity contribution in [3.8, 4) is 5.75 Å². The molecule has 60 heavy (non-hydrogen) atoms. The van der Waals surface area contributed by atoms with Crippen LogP contribution in [-0.4, -0.2) is 42.2 Å². The fourth-order valence-corrected chi connectivity index (χ4v) is 3.68. The molecule has 1 N–H and O–H groups in total. The molecule has 0 aliphatic rings. The second-order valence-electron chi connectivity index (χ2n) is 11.0. The summed E-state index contributed by atoms with van der Waals surface area (Å²) >= 11 is 0. The van der Waals surface area contributed by atoms with E-state index in [-0.39, 0.29) is 80.9 Å². The maximum atomic E-state index is 13.1. The van der Waals surface area contributed by atoms with Gasteiger partial charge in [0.2, 0.25) is 6.10 Å². The SMILES string of the molecule is O=C([O-])C(F)(F)F.O=Cc1ccc(F)cc1.O=Cc1ccc(F)cc1.OCc1ccc(OC(c2ccc(F)cc2)C(F)(F)F)cc1.[K+].[O-]C(c1ccc(F)cc1)C(F)(F)F. The zero-order valence-electron chi connectivity index (χ0n) is 30.4. The van der Waals surface area contributed by atoms with Crippen LogP contribution in [0, 0.1) is 23.3 Å². The van der Waals surface area contributed by atoms with Gasteiger partial charge in [-0.25, -0.2) is 17.6 Å². The molecule has 318 valence electrons. The zero-order chi connectivity index (χ0) is 45.0. The van der Waals surface area contributed by atoms with E-state index < -0.39 is 53.9 Å². The first-order valence-corrected chi connectivity index (χ1v) is 15.8.